The van der Waals surface area contributed by atoms with Crippen LogP contribution >= 0.6 is 15.9 Å². The van der Waals surface area contributed by atoms with Gasteiger partial charge in [0, 0.05) is 10.2 Å². The van der Waals surface area contributed by atoms with E-state index in [9.17, 15) is 9.59 Å². The molecule has 1 aliphatic heterocycles. The van der Waals surface area contributed by atoms with Crippen LogP contribution in [0.2, 0.25) is 0 Å². The average molecular weight is 353 g/mol. The lowest BCUT2D eigenvalue weighted by Crippen LogP contribution is -2.64. The molecule has 0 aliphatic carbocycles. The maximum absolute atomic E-state index is 12.6. The second-order valence-corrected chi connectivity index (χ2v) is 6.67. The van der Waals surface area contributed by atoms with Crippen molar-refractivity contribution in [2.24, 2.45) is 5.92 Å². The first-order chi connectivity index (χ1) is 9.86. The van der Waals surface area contributed by atoms with Gasteiger partial charge in [-0.3, -0.25) is 14.5 Å². The summed E-state index contributed by atoms with van der Waals surface area (Å²) in [6.45, 7) is 7.71. The molecule has 114 valence electrons. The molecule has 0 bridgehead atoms. The monoisotopic (exact) mass is 352 g/mol. The van der Waals surface area contributed by atoms with Crippen LogP contribution in [0.25, 0.3) is 0 Å². The molecule has 1 N–H and O–H groups in total. The molecule has 5 heteroatoms. The molecule has 4 nitrogen and oxygen atoms in total. The first-order valence-corrected chi connectivity index (χ1v) is 8.08. The summed E-state index contributed by atoms with van der Waals surface area (Å²) in [4.78, 5) is 26.6. The van der Waals surface area contributed by atoms with Gasteiger partial charge in [0.1, 0.15) is 12.1 Å². The van der Waals surface area contributed by atoms with Gasteiger partial charge in [-0.2, -0.15) is 0 Å². The minimum absolute atomic E-state index is 0.0506. The van der Waals surface area contributed by atoms with E-state index in [0.717, 1.165) is 22.1 Å². The highest BCUT2D eigenvalue weighted by Crippen LogP contribution is 2.31. The number of hydrogen-bond acceptors (Lipinski definition) is 2. The summed E-state index contributed by atoms with van der Waals surface area (Å²) < 4.78 is 0.978. The molecule has 1 aliphatic rings. The van der Waals surface area contributed by atoms with Crippen molar-refractivity contribution in [3.8, 4) is 0 Å². The Morgan fingerprint density at radius 2 is 2.00 bits per heavy atom. The zero-order valence-electron chi connectivity index (χ0n) is 12.8. The summed E-state index contributed by atoms with van der Waals surface area (Å²) in [5.74, 6) is -0.0813. The predicted molar refractivity (Wildman–Crippen MR) is 87.2 cm³/mol. The maximum atomic E-state index is 12.6. The summed E-state index contributed by atoms with van der Waals surface area (Å²) in [6.07, 6.45) is 0.805. The molecule has 2 unspecified atom stereocenters. The number of halogens is 1. The number of amides is 2. The minimum atomic E-state index is -0.485. The molecule has 21 heavy (non-hydrogen) atoms. The number of carbonyl (C=O) groups is 2. The zero-order valence-corrected chi connectivity index (χ0v) is 14.4. The van der Waals surface area contributed by atoms with E-state index in [4.69, 9.17) is 0 Å². The largest absolute Gasteiger partial charge is 0.343 e. The van der Waals surface area contributed by atoms with Gasteiger partial charge in [0.2, 0.25) is 11.8 Å². The smallest absolute Gasteiger partial charge is 0.250 e. The van der Waals surface area contributed by atoms with E-state index in [1.54, 1.807) is 11.8 Å². The van der Waals surface area contributed by atoms with Gasteiger partial charge in [-0.05, 0) is 43.0 Å². The quantitative estimate of drug-likeness (QED) is 0.909. The van der Waals surface area contributed by atoms with Crippen molar-refractivity contribution in [1.82, 2.24) is 5.32 Å². The summed E-state index contributed by atoms with van der Waals surface area (Å²) >= 11 is 3.46. The molecular weight excluding hydrogens is 332 g/mol. The second-order valence-electron chi connectivity index (χ2n) is 5.75. The number of hydrogen-bond donors (Lipinski definition) is 1. The molecular formula is C16H21BrN2O2. The van der Waals surface area contributed by atoms with Crippen LogP contribution in [0.1, 0.15) is 33.3 Å². The number of rotatable bonds is 3. The number of aryl methyl sites for hydroxylation is 1. The van der Waals surface area contributed by atoms with Crippen molar-refractivity contribution in [1.29, 1.82) is 0 Å². The molecule has 0 saturated carbocycles. The van der Waals surface area contributed by atoms with E-state index in [-0.39, 0.29) is 17.7 Å². The van der Waals surface area contributed by atoms with Gasteiger partial charge in [-0.1, -0.05) is 36.7 Å². The van der Waals surface area contributed by atoms with Gasteiger partial charge in [0.05, 0.1) is 0 Å². The molecule has 1 saturated heterocycles. The lowest BCUT2D eigenvalue weighted by atomic mass is 9.95. The third-order valence-corrected chi connectivity index (χ3v) is 4.32. The van der Waals surface area contributed by atoms with E-state index >= 15 is 0 Å². The first-order valence-electron chi connectivity index (χ1n) is 7.28. The van der Waals surface area contributed by atoms with Crippen molar-refractivity contribution < 1.29 is 9.59 Å². The van der Waals surface area contributed by atoms with Gasteiger partial charge >= 0.3 is 0 Å². The van der Waals surface area contributed by atoms with Crippen LogP contribution in [-0.2, 0) is 16.0 Å². The fraction of sp³-hybridized carbons (Fsp3) is 0.500. The molecule has 0 spiro atoms. The van der Waals surface area contributed by atoms with Crippen molar-refractivity contribution in [2.45, 2.75) is 46.2 Å². The predicted octanol–water partition coefficient (Wildman–Crippen LogP) is 2.89. The SMILES string of the molecule is CCc1cc(Br)ccc1N1C(=O)C(C)NC(=O)C1C(C)C. The lowest BCUT2D eigenvalue weighted by molar-refractivity contribution is -0.134. The Kier molecular flexibility index (Phi) is 4.71. The Morgan fingerprint density at radius 1 is 1.33 bits per heavy atom. The summed E-state index contributed by atoms with van der Waals surface area (Å²) in [6, 6.07) is 4.90. The van der Waals surface area contributed by atoms with Crippen LogP contribution in [0.4, 0.5) is 5.69 Å². The molecule has 0 radical (unpaired) electrons. The second kappa shape index (κ2) is 6.18. The highest BCUT2D eigenvalue weighted by atomic mass is 79.9. The Bertz CT molecular complexity index is 571. The highest BCUT2D eigenvalue weighted by Gasteiger charge is 2.41. The topological polar surface area (TPSA) is 49.4 Å². The van der Waals surface area contributed by atoms with Gasteiger partial charge in [-0.25, -0.2) is 0 Å². The Balaban J connectivity index is 2.55. The fourth-order valence-electron chi connectivity index (χ4n) is 2.77. The van der Waals surface area contributed by atoms with Crippen LogP contribution in [0, 0.1) is 5.92 Å². The fourth-order valence-corrected chi connectivity index (χ4v) is 3.17. The number of nitrogens with one attached hydrogen (secondary N) is 1. The highest BCUT2D eigenvalue weighted by molar-refractivity contribution is 9.10. The van der Waals surface area contributed by atoms with Gasteiger partial charge in [0.15, 0.2) is 0 Å². The third-order valence-electron chi connectivity index (χ3n) is 3.83. The van der Waals surface area contributed by atoms with E-state index in [0.29, 0.717) is 0 Å². The molecule has 2 atom stereocenters. The Morgan fingerprint density at radius 3 is 2.57 bits per heavy atom. The van der Waals surface area contributed by atoms with E-state index in [2.05, 4.69) is 21.2 Å². The number of nitrogens with zero attached hydrogens (tertiary/aromatic N) is 1. The van der Waals surface area contributed by atoms with Crippen molar-refractivity contribution in [2.75, 3.05) is 4.90 Å². The van der Waals surface area contributed by atoms with Crippen LogP contribution in [-0.4, -0.2) is 23.9 Å². The first kappa shape index (κ1) is 16.0. The maximum Gasteiger partial charge on any atom is 0.250 e. The van der Waals surface area contributed by atoms with Crippen LogP contribution in [0.15, 0.2) is 22.7 Å². The average Bonchev–Trinajstić information content (AvgIpc) is 2.42. The molecule has 1 aromatic rings. The molecule has 1 fully saturated rings. The summed E-state index contributed by atoms with van der Waals surface area (Å²) in [5.41, 5.74) is 1.90. The number of carbonyl (C=O) groups excluding carboxylic acids is 2. The minimum Gasteiger partial charge on any atom is -0.343 e. The van der Waals surface area contributed by atoms with E-state index < -0.39 is 12.1 Å². The van der Waals surface area contributed by atoms with Crippen LogP contribution in [0.3, 0.4) is 0 Å². The lowest BCUT2D eigenvalue weighted by Gasteiger charge is -2.40. The van der Waals surface area contributed by atoms with Crippen molar-refractivity contribution in [3.05, 3.63) is 28.2 Å². The Labute approximate surface area is 134 Å². The molecule has 1 heterocycles. The summed E-state index contributed by atoms with van der Waals surface area (Å²) in [5, 5.41) is 2.77. The molecule has 0 aromatic heterocycles. The van der Waals surface area contributed by atoms with E-state index in [1.165, 1.54) is 0 Å². The zero-order chi connectivity index (χ0) is 15.7. The summed E-state index contributed by atoms with van der Waals surface area (Å²) in [7, 11) is 0. The van der Waals surface area contributed by atoms with Gasteiger partial charge in [-0.15, -0.1) is 0 Å². The van der Waals surface area contributed by atoms with Crippen LogP contribution < -0.4 is 10.2 Å². The molecule has 2 rings (SSSR count). The van der Waals surface area contributed by atoms with Crippen molar-refractivity contribution >= 4 is 33.4 Å². The Hall–Kier alpha value is -1.36. The standard InChI is InChI=1S/C16H21BrN2O2/c1-5-11-8-12(17)6-7-13(11)19-14(9(2)3)15(20)18-10(4)16(19)21/h6-10,14H,5H2,1-4H3,(H,18,20). The van der Waals surface area contributed by atoms with Crippen LogP contribution in [0.5, 0.6) is 0 Å². The third kappa shape index (κ3) is 2.98. The number of anilines is 1. The number of benzene rings is 1. The van der Waals surface area contributed by atoms with Gasteiger partial charge in [0.25, 0.3) is 0 Å². The number of piperazine rings is 1. The van der Waals surface area contributed by atoms with E-state index in [1.807, 2.05) is 39.0 Å². The molecule has 2 amide bonds. The normalized spacial score (nSPS) is 22.7. The van der Waals surface area contributed by atoms with Crippen molar-refractivity contribution in [3.63, 3.8) is 0 Å². The van der Waals surface area contributed by atoms with Gasteiger partial charge < -0.3 is 5.32 Å². The molecule has 1 aromatic carbocycles.